The van der Waals surface area contributed by atoms with Gasteiger partial charge in [-0.15, -0.1) is 5.10 Å². The lowest BCUT2D eigenvalue weighted by molar-refractivity contribution is -0.121. The van der Waals surface area contributed by atoms with Crippen molar-refractivity contribution in [3.05, 3.63) is 40.7 Å². The van der Waals surface area contributed by atoms with Crippen LogP contribution in [0.15, 0.2) is 24.3 Å². The summed E-state index contributed by atoms with van der Waals surface area (Å²) < 4.78 is 1.39. The van der Waals surface area contributed by atoms with Crippen LogP contribution in [0.4, 0.5) is 0 Å². The molecule has 1 amide bonds. The molecule has 0 bridgehead atoms. The van der Waals surface area contributed by atoms with E-state index in [4.69, 9.17) is 27.4 Å². The Kier molecular flexibility index (Phi) is 8.66. The van der Waals surface area contributed by atoms with Gasteiger partial charge in [0.1, 0.15) is 6.54 Å². The molecule has 0 saturated heterocycles. The van der Waals surface area contributed by atoms with E-state index < -0.39 is 13.2 Å². The highest BCUT2D eigenvalue weighted by molar-refractivity contribution is 6.40. The largest absolute Gasteiger partial charge is 0.451 e. The lowest BCUT2D eigenvalue weighted by Crippen LogP contribution is -2.31. The van der Waals surface area contributed by atoms with E-state index in [1.54, 1.807) is 0 Å². The molecule has 9 nitrogen and oxygen atoms in total. The number of tetrazole rings is 1. The van der Waals surface area contributed by atoms with Crippen LogP contribution in [0.1, 0.15) is 36.7 Å². The normalized spacial score (nSPS) is 12.0. The predicted molar refractivity (Wildman–Crippen MR) is 102 cm³/mol. The molecule has 0 spiro atoms. The van der Waals surface area contributed by atoms with Crippen LogP contribution in [0.25, 0.3) is 0 Å². The number of unbranched alkanes of at least 4 members (excludes halogenated alkanes) is 1. The lowest BCUT2D eigenvalue weighted by atomic mass is 9.83. The number of hydrogen-bond donors (Lipinski definition) is 4. The van der Waals surface area contributed by atoms with Gasteiger partial charge in [-0.3, -0.25) is 4.79 Å². The first-order valence-corrected chi connectivity index (χ1v) is 9.22. The first-order chi connectivity index (χ1) is 13.0. The zero-order valence-electron chi connectivity index (χ0n) is 15.0. The Morgan fingerprint density at radius 2 is 2.04 bits per heavy atom. The van der Waals surface area contributed by atoms with Gasteiger partial charge in [-0.25, -0.2) is 4.68 Å². The maximum atomic E-state index is 12.1. The topological polar surface area (TPSA) is 139 Å². The smallest absolute Gasteiger partial charge is 0.427 e. The van der Waals surface area contributed by atoms with Crippen LogP contribution in [0, 0.1) is 0 Å². The van der Waals surface area contributed by atoms with Crippen molar-refractivity contribution >= 4 is 24.6 Å². The summed E-state index contributed by atoms with van der Waals surface area (Å²) in [4.78, 5) is 12.1. The van der Waals surface area contributed by atoms with E-state index in [0.717, 1.165) is 5.56 Å². The van der Waals surface area contributed by atoms with Gasteiger partial charge in [0.15, 0.2) is 5.82 Å². The number of halogens is 1. The molecule has 1 atom stereocenters. The average Bonchev–Trinajstić information content (AvgIpc) is 3.08. The second-order valence-electron chi connectivity index (χ2n) is 6.29. The summed E-state index contributed by atoms with van der Waals surface area (Å²) in [6, 6.07) is 7.05. The fourth-order valence-corrected chi connectivity index (χ4v) is 2.73. The minimum atomic E-state index is -1.30. The quantitative estimate of drug-likeness (QED) is 0.318. The Labute approximate surface area is 163 Å². The molecule has 11 heteroatoms. The van der Waals surface area contributed by atoms with E-state index in [-0.39, 0.29) is 12.5 Å². The Bertz CT molecular complexity index is 712. The molecule has 1 aromatic carbocycles. The summed E-state index contributed by atoms with van der Waals surface area (Å²) in [5, 5.41) is 32.5. The molecule has 0 radical (unpaired) electrons. The Hall–Kier alpha value is -2.01. The van der Waals surface area contributed by atoms with Crippen molar-refractivity contribution in [2.75, 3.05) is 6.54 Å². The first kappa shape index (κ1) is 21.3. The van der Waals surface area contributed by atoms with Crippen LogP contribution in [0.2, 0.25) is 11.3 Å². The summed E-state index contributed by atoms with van der Waals surface area (Å²) in [7, 11) is -1.30. The predicted octanol–water partition coefficient (Wildman–Crippen LogP) is 0.328. The number of carbonyl (C=O) groups is 1. The van der Waals surface area contributed by atoms with Gasteiger partial charge in [0.2, 0.25) is 5.91 Å². The number of rotatable bonds is 11. The van der Waals surface area contributed by atoms with Crippen LogP contribution in [-0.4, -0.2) is 49.8 Å². The zero-order valence-corrected chi connectivity index (χ0v) is 15.7. The van der Waals surface area contributed by atoms with Crippen molar-refractivity contribution in [2.45, 2.75) is 44.6 Å². The highest BCUT2D eigenvalue weighted by atomic mass is 35.5. The molecular weight excluding hydrogens is 370 g/mol. The average molecular weight is 395 g/mol. The summed E-state index contributed by atoms with van der Waals surface area (Å²) in [6.07, 6.45) is 2.93. The van der Waals surface area contributed by atoms with E-state index in [2.05, 4.69) is 20.8 Å². The van der Waals surface area contributed by atoms with Crippen molar-refractivity contribution in [3.8, 4) is 0 Å². The van der Waals surface area contributed by atoms with Gasteiger partial charge >= 0.3 is 7.12 Å². The van der Waals surface area contributed by atoms with Crippen molar-refractivity contribution in [3.63, 3.8) is 0 Å². The maximum Gasteiger partial charge on any atom is 0.451 e. The van der Waals surface area contributed by atoms with E-state index in [9.17, 15) is 4.79 Å². The monoisotopic (exact) mass is 394 g/mol. The van der Waals surface area contributed by atoms with Gasteiger partial charge in [0.25, 0.3) is 0 Å². The number of nitrogens with zero attached hydrogens (tertiary/aromatic N) is 4. The number of carbonyl (C=O) groups excluding carboxylic acids is 1. The zero-order chi connectivity index (χ0) is 19.6. The Morgan fingerprint density at radius 1 is 1.30 bits per heavy atom. The van der Waals surface area contributed by atoms with Gasteiger partial charge in [-0.2, -0.15) is 0 Å². The van der Waals surface area contributed by atoms with Crippen molar-refractivity contribution < 1.29 is 14.8 Å². The number of nitrogens with two attached hydrogens (primary N) is 1. The Morgan fingerprint density at radius 3 is 2.74 bits per heavy atom. The molecule has 2 rings (SSSR count). The molecule has 0 fully saturated rings. The molecule has 2 aromatic rings. The van der Waals surface area contributed by atoms with Crippen LogP contribution in [0.3, 0.4) is 0 Å². The standard InChI is InChI=1S/C16H24BClN6O3/c18-13-6-4-12(5-7-13)8-10-20-15(25)11-24-16(21-22-23-24)14(19)3-1-2-9-17(26)27/h4-7,14,26-27H,1-3,8-11,19H2,(H,20,25). The Balaban J connectivity index is 1.75. The van der Waals surface area contributed by atoms with Crippen LogP contribution in [-0.2, 0) is 17.8 Å². The SMILES string of the molecule is NC(CCCCB(O)O)c1nnnn1CC(=O)NCCc1ccc(Cl)cc1. The van der Waals surface area contributed by atoms with Crippen molar-refractivity contribution in [1.29, 1.82) is 0 Å². The second kappa shape index (κ2) is 11.0. The van der Waals surface area contributed by atoms with Crippen LogP contribution in [0.5, 0.6) is 0 Å². The molecule has 1 unspecified atom stereocenters. The van der Waals surface area contributed by atoms with E-state index >= 15 is 0 Å². The number of nitrogens with one attached hydrogen (secondary N) is 1. The van der Waals surface area contributed by atoms with Gasteiger partial charge in [0, 0.05) is 11.6 Å². The summed E-state index contributed by atoms with van der Waals surface area (Å²) in [5.74, 6) is 0.237. The molecule has 146 valence electrons. The highest BCUT2D eigenvalue weighted by Gasteiger charge is 2.17. The number of aromatic nitrogens is 4. The first-order valence-electron chi connectivity index (χ1n) is 8.84. The number of amides is 1. The lowest BCUT2D eigenvalue weighted by Gasteiger charge is -2.12. The summed E-state index contributed by atoms with van der Waals surface area (Å²) in [6.45, 7) is 0.486. The van der Waals surface area contributed by atoms with Crippen molar-refractivity contribution in [1.82, 2.24) is 25.5 Å². The molecule has 1 heterocycles. The number of hydrogen-bond acceptors (Lipinski definition) is 7. The van der Waals surface area contributed by atoms with Gasteiger partial charge in [-0.05, 0) is 47.3 Å². The molecule has 0 saturated carbocycles. The third-order valence-corrected chi connectivity index (χ3v) is 4.31. The highest BCUT2D eigenvalue weighted by Crippen LogP contribution is 2.15. The molecule has 27 heavy (non-hydrogen) atoms. The molecular formula is C16H24BClN6O3. The molecule has 0 aliphatic carbocycles. The third kappa shape index (κ3) is 7.63. The second-order valence-corrected chi connectivity index (χ2v) is 6.73. The van der Waals surface area contributed by atoms with Gasteiger partial charge in [-0.1, -0.05) is 36.6 Å². The molecule has 0 aliphatic heterocycles. The van der Waals surface area contributed by atoms with Gasteiger partial charge < -0.3 is 21.1 Å². The van der Waals surface area contributed by atoms with E-state index in [0.29, 0.717) is 49.4 Å². The fraction of sp³-hybridized carbons (Fsp3) is 0.500. The molecule has 0 aliphatic rings. The molecule has 1 aromatic heterocycles. The summed E-state index contributed by atoms with van der Waals surface area (Å²) >= 11 is 5.85. The molecule has 5 N–H and O–H groups in total. The number of benzene rings is 1. The van der Waals surface area contributed by atoms with Gasteiger partial charge in [0.05, 0.1) is 6.04 Å². The third-order valence-electron chi connectivity index (χ3n) is 4.06. The minimum Gasteiger partial charge on any atom is -0.427 e. The van der Waals surface area contributed by atoms with E-state index in [1.165, 1.54) is 4.68 Å². The fourth-order valence-electron chi connectivity index (χ4n) is 2.60. The summed E-state index contributed by atoms with van der Waals surface area (Å²) in [5.41, 5.74) is 7.17. The van der Waals surface area contributed by atoms with Crippen LogP contribution < -0.4 is 11.1 Å². The van der Waals surface area contributed by atoms with Crippen LogP contribution >= 0.6 is 11.6 Å². The minimum absolute atomic E-state index is 0.00793. The van der Waals surface area contributed by atoms with E-state index in [1.807, 2.05) is 24.3 Å². The van der Waals surface area contributed by atoms with Crippen molar-refractivity contribution in [2.24, 2.45) is 5.73 Å². The maximum absolute atomic E-state index is 12.1.